The van der Waals surface area contributed by atoms with Crippen molar-refractivity contribution in [3.05, 3.63) is 47.0 Å². The van der Waals surface area contributed by atoms with Gasteiger partial charge < -0.3 is 5.11 Å². The van der Waals surface area contributed by atoms with E-state index in [1.165, 1.54) is 23.1 Å². The van der Waals surface area contributed by atoms with E-state index in [0.29, 0.717) is 0 Å². The fraction of sp³-hybridized carbons (Fsp3) is 0.167. The molecule has 3 nitrogen and oxygen atoms in total. The van der Waals surface area contributed by atoms with Gasteiger partial charge >= 0.3 is 5.97 Å². The third-order valence-corrected chi connectivity index (χ3v) is 4.47. The normalized spacial score (nSPS) is 12.3. The summed E-state index contributed by atoms with van der Waals surface area (Å²) in [6.45, 7) is 1.90. The van der Waals surface area contributed by atoms with Gasteiger partial charge in [0, 0.05) is 11.1 Å². The number of aliphatic carboxylic acids is 1. The van der Waals surface area contributed by atoms with E-state index in [2.05, 4.69) is 4.98 Å². The van der Waals surface area contributed by atoms with Gasteiger partial charge in [0.2, 0.25) is 0 Å². The number of carboxylic acids is 1. The van der Waals surface area contributed by atoms with Crippen LogP contribution in [-0.4, -0.2) is 16.1 Å². The lowest BCUT2D eigenvalue weighted by Gasteiger charge is -2.09. The number of carboxylic acid groups (broad SMARTS) is 1. The Bertz CT molecular complexity index is 510. The molecule has 0 saturated heterocycles. The standard InChI is InChI=1S/C12H11NO2S2/c1-8-7-16-12(13-8)17-10(11(14)15)9-5-3-2-4-6-9/h2-7,10H,1H3,(H,14,15). The smallest absolute Gasteiger partial charge is 0.321 e. The number of aryl methyl sites for hydroxylation is 1. The minimum atomic E-state index is -0.839. The molecule has 0 radical (unpaired) electrons. The molecule has 0 aliphatic heterocycles. The highest BCUT2D eigenvalue weighted by molar-refractivity contribution is 8.01. The first kappa shape index (κ1) is 12.1. The van der Waals surface area contributed by atoms with Gasteiger partial charge in [-0.25, -0.2) is 4.98 Å². The van der Waals surface area contributed by atoms with Gasteiger partial charge in [0.25, 0.3) is 0 Å². The van der Waals surface area contributed by atoms with E-state index in [1.54, 1.807) is 0 Å². The molecule has 0 spiro atoms. The molecule has 5 heteroatoms. The second-order valence-corrected chi connectivity index (χ2v) is 5.71. The van der Waals surface area contributed by atoms with Crippen molar-refractivity contribution in [2.24, 2.45) is 0 Å². The van der Waals surface area contributed by atoms with Crippen molar-refractivity contribution < 1.29 is 9.90 Å². The van der Waals surface area contributed by atoms with Gasteiger partial charge in [0.1, 0.15) is 5.25 Å². The maximum absolute atomic E-state index is 11.3. The van der Waals surface area contributed by atoms with Crippen molar-refractivity contribution in [3.63, 3.8) is 0 Å². The van der Waals surface area contributed by atoms with E-state index >= 15 is 0 Å². The molecule has 1 atom stereocenters. The minimum absolute atomic E-state index is 0.596. The third kappa shape index (κ3) is 3.08. The largest absolute Gasteiger partial charge is 0.480 e. The Hall–Kier alpha value is -1.33. The molecule has 2 aromatic rings. The highest BCUT2D eigenvalue weighted by atomic mass is 32.2. The molecule has 0 amide bonds. The molecular formula is C12H11NO2S2. The second kappa shape index (κ2) is 5.33. The number of rotatable bonds is 4. The van der Waals surface area contributed by atoms with Gasteiger partial charge in [-0.05, 0) is 12.5 Å². The highest BCUT2D eigenvalue weighted by Gasteiger charge is 2.22. The Balaban J connectivity index is 2.22. The van der Waals surface area contributed by atoms with Crippen molar-refractivity contribution in [1.82, 2.24) is 4.98 Å². The molecule has 1 heterocycles. The van der Waals surface area contributed by atoms with E-state index in [-0.39, 0.29) is 0 Å². The van der Waals surface area contributed by atoms with Crippen LogP contribution < -0.4 is 0 Å². The average Bonchev–Trinajstić information content (AvgIpc) is 2.73. The van der Waals surface area contributed by atoms with Crippen LogP contribution in [0.3, 0.4) is 0 Å². The summed E-state index contributed by atoms with van der Waals surface area (Å²) in [5.41, 5.74) is 1.72. The first-order valence-electron chi connectivity index (χ1n) is 5.03. The SMILES string of the molecule is Cc1csc(SC(C(=O)O)c2ccccc2)n1. The molecule has 1 unspecified atom stereocenters. The van der Waals surface area contributed by atoms with Gasteiger partial charge in [0.15, 0.2) is 4.34 Å². The van der Waals surface area contributed by atoms with Crippen molar-refractivity contribution in [2.45, 2.75) is 16.5 Å². The monoisotopic (exact) mass is 265 g/mol. The van der Waals surface area contributed by atoms with Crippen LogP contribution in [0.5, 0.6) is 0 Å². The zero-order valence-electron chi connectivity index (χ0n) is 9.16. The molecule has 0 saturated carbocycles. The maximum atomic E-state index is 11.3. The second-order valence-electron chi connectivity index (χ2n) is 3.50. The van der Waals surface area contributed by atoms with Crippen LogP contribution in [-0.2, 0) is 4.79 Å². The molecule has 2 rings (SSSR count). The van der Waals surface area contributed by atoms with Crippen LogP contribution >= 0.6 is 23.1 Å². The zero-order chi connectivity index (χ0) is 12.3. The van der Waals surface area contributed by atoms with Crippen molar-refractivity contribution in [3.8, 4) is 0 Å². The summed E-state index contributed by atoms with van der Waals surface area (Å²) in [5.74, 6) is -0.839. The number of carbonyl (C=O) groups is 1. The molecule has 0 aliphatic carbocycles. The van der Waals surface area contributed by atoms with Crippen LogP contribution in [0.1, 0.15) is 16.5 Å². The molecule has 0 bridgehead atoms. The Morgan fingerprint density at radius 1 is 1.41 bits per heavy atom. The molecule has 0 aliphatic rings. The molecule has 88 valence electrons. The number of aromatic nitrogens is 1. The predicted octanol–water partition coefficient (Wildman–Crippen LogP) is 3.37. The van der Waals surface area contributed by atoms with Crippen LogP contribution in [0.4, 0.5) is 0 Å². The van der Waals surface area contributed by atoms with Gasteiger partial charge in [0.05, 0.1) is 0 Å². The van der Waals surface area contributed by atoms with Gasteiger partial charge in [-0.2, -0.15) is 0 Å². The summed E-state index contributed by atoms with van der Waals surface area (Å²) in [4.78, 5) is 15.5. The predicted molar refractivity (Wildman–Crippen MR) is 69.5 cm³/mol. The fourth-order valence-corrected chi connectivity index (χ4v) is 3.34. The molecule has 17 heavy (non-hydrogen) atoms. The number of hydrogen-bond acceptors (Lipinski definition) is 4. The van der Waals surface area contributed by atoms with Crippen LogP contribution in [0.15, 0.2) is 40.1 Å². The molecule has 0 fully saturated rings. The van der Waals surface area contributed by atoms with E-state index in [1.807, 2.05) is 42.6 Å². The summed E-state index contributed by atoms with van der Waals surface area (Å²) >= 11 is 2.76. The Kier molecular flexibility index (Phi) is 3.81. The lowest BCUT2D eigenvalue weighted by molar-refractivity contribution is -0.136. The van der Waals surface area contributed by atoms with E-state index in [4.69, 9.17) is 0 Å². The minimum Gasteiger partial charge on any atom is -0.480 e. The highest BCUT2D eigenvalue weighted by Crippen LogP contribution is 2.36. The van der Waals surface area contributed by atoms with Gasteiger partial charge in [-0.1, -0.05) is 42.1 Å². The number of benzene rings is 1. The Morgan fingerprint density at radius 3 is 2.65 bits per heavy atom. The third-order valence-electron chi connectivity index (χ3n) is 2.14. The summed E-state index contributed by atoms with van der Waals surface area (Å²) in [5, 5.41) is 10.6. The van der Waals surface area contributed by atoms with E-state index in [9.17, 15) is 9.90 Å². The van der Waals surface area contributed by atoms with Crippen LogP contribution in [0.2, 0.25) is 0 Å². The lowest BCUT2D eigenvalue weighted by Crippen LogP contribution is -2.07. The lowest BCUT2D eigenvalue weighted by atomic mass is 10.1. The van der Waals surface area contributed by atoms with Gasteiger partial charge in [-0.15, -0.1) is 11.3 Å². The summed E-state index contributed by atoms with van der Waals surface area (Å²) in [7, 11) is 0. The average molecular weight is 265 g/mol. The van der Waals surface area contributed by atoms with Gasteiger partial charge in [-0.3, -0.25) is 4.79 Å². The van der Waals surface area contributed by atoms with Crippen molar-refractivity contribution >= 4 is 29.1 Å². The maximum Gasteiger partial charge on any atom is 0.321 e. The fourth-order valence-electron chi connectivity index (χ4n) is 1.38. The number of nitrogens with zero attached hydrogens (tertiary/aromatic N) is 1. The first-order valence-corrected chi connectivity index (χ1v) is 6.79. The quantitative estimate of drug-likeness (QED) is 0.861. The summed E-state index contributed by atoms with van der Waals surface area (Å²) in [6.07, 6.45) is 0. The first-order chi connectivity index (χ1) is 8.16. The van der Waals surface area contributed by atoms with E-state index in [0.717, 1.165) is 15.6 Å². The van der Waals surface area contributed by atoms with Crippen LogP contribution in [0.25, 0.3) is 0 Å². The van der Waals surface area contributed by atoms with E-state index < -0.39 is 11.2 Å². The molecule has 1 N–H and O–H groups in total. The Morgan fingerprint density at radius 2 is 2.12 bits per heavy atom. The van der Waals surface area contributed by atoms with Crippen molar-refractivity contribution in [1.29, 1.82) is 0 Å². The molecular weight excluding hydrogens is 254 g/mol. The summed E-state index contributed by atoms with van der Waals surface area (Å²) in [6, 6.07) is 9.22. The molecule has 1 aromatic heterocycles. The van der Waals surface area contributed by atoms with Crippen LogP contribution in [0, 0.1) is 6.92 Å². The summed E-state index contributed by atoms with van der Waals surface area (Å²) < 4.78 is 0.791. The number of thiazole rings is 1. The molecule has 1 aromatic carbocycles. The topological polar surface area (TPSA) is 50.2 Å². The Labute approximate surface area is 108 Å². The van der Waals surface area contributed by atoms with Crippen molar-refractivity contribution in [2.75, 3.05) is 0 Å². The number of thioether (sulfide) groups is 1. The number of hydrogen-bond donors (Lipinski definition) is 1. The zero-order valence-corrected chi connectivity index (χ0v) is 10.8.